The number of aliphatic hydroxyl groups is 1. The predicted octanol–water partition coefficient (Wildman–Crippen LogP) is 1.13. The fourth-order valence-corrected chi connectivity index (χ4v) is 4.13. The summed E-state index contributed by atoms with van der Waals surface area (Å²) in [4.78, 5) is 2.31. The number of benzene rings is 1. The second-order valence-electron chi connectivity index (χ2n) is 5.92. The molecule has 1 unspecified atom stereocenters. The first-order valence-corrected chi connectivity index (χ1v) is 9.45. The van der Waals surface area contributed by atoms with E-state index in [0.29, 0.717) is 18.8 Å². The number of sulfonamides is 1. The molecule has 0 bridgehead atoms. The van der Waals surface area contributed by atoms with Gasteiger partial charge in [0.1, 0.15) is 10.6 Å². The summed E-state index contributed by atoms with van der Waals surface area (Å²) < 4.78 is 32.7. The summed E-state index contributed by atoms with van der Waals surface area (Å²) in [7, 11) is -2.14. The zero-order chi connectivity index (χ0) is 16.9. The van der Waals surface area contributed by atoms with Crippen molar-refractivity contribution in [2.24, 2.45) is 0 Å². The Balaban J connectivity index is 1.99. The van der Waals surface area contributed by atoms with Crippen LogP contribution in [0.3, 0.4) is 0 Å². The zero-order valence-corrected chi connectivity index (χ0v) is 14.6. The van der Waals surface area contributed by atoms with Crippen molar-refractivity contribution in [1.82, 2.24) is 9.62 Å². The predicted molar refractivity (Wildman–Crippen MR) is 89.2 cm³/mol. The SMILES string of the molecule is COc1cc(C)ccc1S(=O)(=O)NCCN1CCCCC1CO. The lowest BCUT2D eigenvalue weighted by Crippen LogP contribution is -2.45. The van der Waals surface area contributed by atoms with E-state index in [-0.39, 0.29) is 17.5 Å². The summed E-state index contributed by atoms with van der Waals surface area (Å²) in [5, 5.41) is 9.40. The molecule has 1 aromatic carbocycles. The molecule has 6 nitrogen and oxygen atoms in total. The molecular weight excluding hydrogens is 316 g/mol. The third-order valence-corrected chi connectivity index (χ3v) is 5.76. The smallest absolute Gasteiger partial charge is 0.244 e. The van der Waals surface area contributed by atoms with Crippen molar-refractivity contribution in [3.8, 4) is 5.75 Å². The van der Waals surface area contributed by atoms with E-state index in [2.05, 4.69) is 9.62 Å². The molecule has 0 spiro atoms. The van der Waals surface area contributed by atoms with Crippen LogP contribution in [-0.4, -0.2) is 57.8 Å². The fourth-order valence-electron chi connectivity index (χ4n) is 2.96. The summed E-state index contributed by atoms with van der Waals surface area (Å²) in [5.74, 6) is 0.351. The highest BCUT2D eigenvalue weighted by Crippen LogP contribution is 2.24. The number of hydrogen-bond acceptors (Lipinski definition) is 5. The van der Waals surface area contributed by atoms with E-state index in [9.17, 15) is 13.5 Å². The van der Waals surface area contributed by atoms with Crippen LogP contribution in [0.4, 0.5) is 0 Å². The van der Waals surface area contributed by atoms with Gasteiger partial charge in [0.2, 0.25) is 10.0 Å². The molecule has 1 aliphatic heterocycles. The van der Waals surface area contributed by atoms with Gasteiger partial charge >= 0.3 is 0 Å². The van der Waals surface area contributed by atoms with Crippen molar-refractivity contribution < 1.29 is 18.3 Å². The van der Waals surface area contributed by atoms with Crippen LogP contribution in [0.15, 0.2) is 23.1 Å². The van der Waals surface area contributed by atoms with E-state index in [0.717, 1.165) is 31.4 Å². The maximum absolute atomic E-state index is 12.5. The molecule has 130 valence electrons. The van der Waals surface area contributed by atoms with Gasteiger partial charge in [-0.2, -0.15) is 0 Å². The lowest BCUT2D eigenvalue weighted by Gasteiger charge is -2.34. The van der Waals surface area contributed by atoms with E-state index in [1.807, 2.05) is 6.92 Å². The second kappa shape index (κ2) is 8.10. The Kier molecular flexibility index (Phi) is 6.41. The molecule has 1 fully saturated rings. The minimum absolute atomic E-state index is 0.124. The molecule has 1 aliphatic rings. The number of ether oxygens (including phenoxy) is 1. The van der Waals surface area contributed by atoms with Crippen molar-refractivity contribution in [3.63, 3.8) is 0 Å². The minimum atomic E-state index is -3.61. The Bertz CT molecular complexity index is 619. The van der Waals surface area contributed by atoms with Gasteiger partial charge in [0.15, 0.2) is 0 Å². The third kappa shape index (κ3) is 4.67. The molecule has 1 saturated heterocycles. The van der Waals surface area contributed by atoms with E-state index in [4.69, 9.17) is 4.74 Å². The van der Waals surface area contributed by atoms with Crippen LogP contribution in [0.1, 0.15) is 24.8 Å². The van der Waals surface area contributed by atoms with Gasteiger partial charge in [-0.25, -0.2) is 13.1 Å². The third-order valence-electron chi connectivity index (χ3n) is 4.26. The highest BCUT2D eigenvalue weighted by Gasteiger charge is 2.23. The Hall–Kier alpha value is -1.15. The molecule has 0 aromatic heterocycles. The number of likely N-dealkylation sites (tertiary alicyclic amines) is 1. The minimum Gasteiger partial charge on any atom is -0.495 e. The van der Waals surface area contributed by atoms with E-state index >= 15 is 0 Å². The molecule has 7 heteroatoms. The molecule has 2 rings (SSSR count). The summed E-state index contributed by atoms with van der Waals surface area (Å²) in [6, 6.07) is 5.17. The summed E-state index contributed by atoms with van der Waals surface area (Å²) in [6.45, 7) is 3.82. The normalized spacial score (nSPS) is 19.7. The number of methoxy groups -OCH3 is 1. The van der Waals surface area contributed by atoms with Crippen molar-refractivity contribution >= 4 is 10.0 Å². The topological polar surface area (TPSA) is 78.9 Å². The molecule has 2 N–H and O–H groups in total. The van der Waals surface area contributed by atoms with Gasteiger partial charge in [-0.05, 0) is 44.0 Å². The van der Waals surface area contributed by atoms with Crippen LogP contribution in [0.2, 0.25) is 0 Å². The molecule has 0 aliphatic carbocycles. The number of aliphatic hydroxyl groups excluding tert-OH is 1. The monoisotopic (exact) mass is 342 g/mol. The van der Waals surface area contributed by atoms with Crippen molar-refractivity contribution in [1.29, 1.82) is 0 Å². The molecule has 1 atom stereocenters. The first kappa shape index (κ1) is 18.2. The Morgan fingerprint density at radius 2 is 2.17 bits per heavy atom. The van der Waals surface area contributed by atoms with Crippen LogP contribution in [0, 0.1) is 6.92 Å². The molecule has 23 heavy (non-hydrogen) atoms. The van der Waals surface area contributed by atoms with Crippen molar-refractivity contribution in [3.05, 3.63) is 23.8 Å². The summed E-state index contributed by atoms with van der Waals surface area (Å²) >= 11 is 0. The standard InChI is InChI=1S/C16H26N2O4S/c1-13-6-7-16(15(11-13)22-2)23(20,21)17-8-10-18-9-4-3-5-14(18)12-19/h6-7,11,14,17,19H,3-5,8-10,12H2,1-2H3. The number of hydrogen-bond donors (Lipinski definition) is 2. The van der Waals surface area contributed by atoms with Crippen LogP contribution in [-0.2, 0) is 10.0 Å². The number of nitrogens with one attached hydrogen (secondary N) is 1. The van der Waals surface area contributed by atoms with Gasteiger partial charge in [0.25, 0.3) is 0 Å². The van der Waals surface area contributed by atoms with Crippen LogP contribution in [0.5, 0.6) is 5.75 Å². The highest BCUT2D eigenvalue weighted by atomic mass is 32.2. The average Bonchev–Trinajstić information content (AvgIpc) is 2.54. The lowest BCUT2D eigenvalue weighted by molar-refractivity contribution is 0.0923. The van der Waals surface area contributed by atoms with E-state index < -0.39 is 10.0 Å². The van der Waals surface area contributed by atoms with Gasteiger partial charge in [-0.3, -0.25) is 4.90 Å². The Labute approximate surface area is 138 Å². The van der Waals surface area contributed by atoms with Gasteiger partial charge in [0.05, 0.1) is 13.7 Å². The van der Waals surface area contributed by atoms with Crippen molar-refractivity contribution in [2.75, 3.05) is 33.4 Å². The first-order chi connectivity index (χ1) is 11.0. The molecule has 0 amide bonds. The van der Waals surface area contributed by atoms with Gasteiger partial charge in [0, 0.05) is 19.1 Å². The fraction of sp³-hybridized carbons (Fsp3) is 0.625. The van der Waals surface area contributed by atoms with Gasteiger partial charge in [-0.15, -0.1) is 0 Å². The second-order valence-corrected chi connectivity index (χ2v) is 7.66. The number of piperidine rings is 1. The quantitative estimate of drug-likeness (QED) is 0.777. The van der Waals surface area contributed by atoms with Gasteiger partial charge < -0.3 is 9.84 Å². The zero-order valence-electron chi connectivity index (χ0n) is 13.8. The maximum atomic E-state index is 12.5. The molecule has 1 heterocycles. The molecule has 0 saturated carbocycles. The van der Waals surface area contributed by atoms with Crippen molar-refractivity contribution in [2.45, 2.75) is 37.1 Å². The van der Waals surface area contributed by atoms with Crippen LogP contribution < -0.4 is 9.46 Å². The van der Waals surface area contributed by atoms with E-state index in [1.54, 1.807) is 18.2 Å². The average molecular weight is 342 g/mol. The Morgan fingerprint density at radius 3 is 2.87 bits per heavy atom. The van der Waals surface area contributed by atoms with Gasteiger partial charge in [-0.1, -0.05) is 12.5 Å². The summed E-state index contributed by atoms with van der Waals surface area (Å²) in [6.07, 6.45) is 3.18. The highest BCUT2D eigenvalue weighted by molar-refractivity contribution is 7.89. The molecule has 1 aromatic rings. The number of rotatable bonds is 7. The van der Waals surface area contributed by atoms with Crippen LogP contribution >= 0.6 is 0 Å². The maximum Gasteiger partial charge on any atom is 0.244 e. The number of aryl methyl sites for hydroxylation is 1. The largest absolute Gasteiger partial charge is 0.495 e. The Morgan fingerprint density at radius 1 is 1.39 bits per heavy atom. The summed E-state index contributed by atoms with van der Waals surface area (Å²) in [5.41, 5.74) is 0.944. The number of nitrogens with zero attached hydrogens (tertiary/aromatic N) is 1. The lowest BCUT2D eigenvalue weighted by atomic mass is 10.0. The van der Waals surface area contributed by atoms with Crippen LogP contribution in [0.25, 0.3) is 0 Å². The molecule has 0 radical (unpaired) electrons. The van der Waals surface area contributed by atoms with E-state index in [1.165, 1.54) is 7.11 Å². The molecular formula is C16H26N2O4S. The first-order valence-electron chi connectivity index (χ1n) is 7.97.